The summed E-state index contributed by atoms with van der Waals surface area (Å²) in [6.45, 7) is 1.17. The molecule has 0 unspecified atom stereocenters. The molecule has 0 atom stereocenters. The van der Waals surface area contributed by atoms with E-state index in [9.17, 15) is 14.9 Å². The first-order valence-electron chi connectivity index (χ1n) is 4.16. The molecule has 1 rings (SSSR count). The van der Waals surface area contributed by atoms with Crippen molar-refractivity contribution in [1.29, 1.82) is 0 Å². The van der Waals surface area contributed by atoms with Crippen LogP contribution >= 0.6 is 11.6 Å². The largest absolute Gasteiger partial charge is 0.332 e. The number of hydrogen-bond acceptors (Lipinski definition) is 5. The van der Waals surface area contributed by atoms with E-state index in [1.54, 1.807) is 0 Å². The van der Waals surface area contributed by atoms with Gasteiger partial charge in [0.2, 0.25) is 0 Å². The highest BCUT2D eigenvalue weighted by atomic mass is 35.5. The van der Waals surface area contributed by atoms with Crippen molar-refractivity contribution >= 4 is 28.4 Å². The third kappa shape index (κ3) is 3.32. The number of halogens is 1. The lowest BCUT2D eigenvalue weighted by Gasteiger charge is -1.97. The number of nitro groups is 1. The van der Waals surface area contributed by atoms with Crippen LogP contribution in [0, 0.1) is 10.1 Å². The molecular formula is C9H7ClN2O4. The normalized spacial score (nSPS) is 11.0. The van der Waals surface area contributed by atoms with Crippen LogP contribution in [0.2, 0.25) is 0 Å². The summed E-state index contributed by atoms with van der Waals surface area (Å²) in [6, 6.07) is 5.52. The maximum Gasteiger partial charge on any atom is 0.332 e. The van der Waals surface area contributed by atoms with Gasteiger partial charge in [0, 0.05) is 24.6 Å². The molecule has 0 N–H and O–H groups in total. The van der Waals surface area contributed by atoms with Crippen LogP contribution in [-0.4, -0.2) is 16.1 Å². The quantitative estimate of drug-likeness (QED) is 0.352. The van der Waals surface area contributed by atoms with Gasteiger partial charge in [0.25, 0.3) is 5.69 Å². The lowest BCUT2D eigenvalue weighted by molar-refractivity contribution is -0.384. The second-order valence-corrected chi connectivity index (χ2v) is 3.13. The van der Waals surface area contributed by atoms with Crippen molar-refractivity contribution in [1.82, 2.24) is 0 Å². The number of benzene rings is 1. The van der Waals surface area contributed by atoms with E-state index in [4.69, 9.17) is 11.6 Å². The predicted molar refractivity (Wildman–Crippen MR) is 57.3 cm³/mol. The van der Waals surface area contributed by atoms with Crippen LogP contribution in [0.25, 0.3) is 0 Å². The molecule has 7 heteroatoms. The Bertz CT molecular complexity index is 459. The van der Waals surface area contributed by atoms with E-state index in [1.165, 1.54) is 31.2 Å². The zero-order chi connectivity index (χ0) is 12.1. The minimum absolute atomic E-state index is 0.117. The van der Waals surface area contributed by atoms with Gasteiger partial charge in [-0.05, 0) is 0 Å². The van der Waals surface area contributed by atoms with Crippen molar-refractivity contribution in [2.45, 2.75) is 6.92 Å². The first kappa shape index (κ1) is 12.1. The van der Waals surface area contributed by atoms with E-state index in [0.29, 0.717) is 5.56 Å². The van der Waals surface area contributed by atoms with Crippen molar-refractivity contribution in [2.75, 3.05) is 0 Å². The van der Waals surface area contributed by atoms with Crippen LogP contribution in [0.1, 0.15) is 12.5 Å². The smallest absolute Gasteiger partial charge is 0.317 e. The second kappa shape index (κ2) is 5.22. The summed E-state index contributed by atoms with van der Waals surface area (Å²) in [7, 11) is 0. The number of nitro benzene ring substituents is 1. The van der Waals surface area contributed by atoms with Gasteiger partial charge in [0.15, 0.2) is 5.17 Å². The molecule has 0 spiro atoms. The van der Waals surface area contributed by atoms with Gasteiger partial charge in [-0.3, -0.25) is 10.1 Å². The van der Waals surface area contributed by atoms with Gasteiger partial charge in [0.1, 0.15) is 0 Å². The van der Waals surface area contributed by atoms with E-state index in [2.05, 4.69) is 9.99 Å². The first-order chi connectivity index (χ1) is 7.50. The number of carbonyl (C=O) groups excluding carboxylic acids is 1. The fourth-order valence-electron chi connectivity index (χ4n) is 0.905. The summed E-state index contributed by atoms with van der Waals surface area (Å²) in [6.07, 6.45) is 0. The number of nitrogens with zero attached hydrogens (tertiary/aromatic N) is 2. The molecule has 0 aromatic heterocycles. The zero-order valence-corrected chi connectivity index (χ0v) is 8.97. The third-order valence-electron chi connectivity index (χ3n) is 1.55. The summed E-state index contributed by atoms with van der Waals surface area (Å²) < 4.78 is 0. The van der Waals surface area contributed by atoms with Crippen LogP contribution < -0.4 is 0 Å². The molecule has 84 valence electrons. The average Bonchev–Trinajstić information content (AvgIpc) is 2.26. The molecule has 16 heavy (non-hydrogen) atoms. The molecule has 0 amide bonds. The molecule has 0 radical (unpaired) electrons. The van der Waals surface area contributed by atoms with E-state index < -0.39 is 10.9 Å². The van der Waals surface area contributed by atoms with E-state index in [1.807, 2.05) is 0 Å². The van der Waals surface area contributed by atoms with Crippen molar-refractivity contribution in [3.63, 3.8) is 0 Å². The lowest BCUT2D eigenvalue weighted by atomic mass is 10.2. The Kier molecular flexibility index (Phi) is 3.96. The van der Waals surface area contributed by atoms with E-state index in [0.717, 1.165) is 0 Å². The summed E-state index contributed by atoms with van der Waals surface area (Å²) in [5.41, 5.74) is 0.186. The second-order valence-electron chi connectivity index (χ2n) is 2.77. The number of hydrogen-bond donors (Lipinski definition) is 0. The molecule has 0 aliphatic carbocycles. The van der Waals surface area contributed by atoms with Crippen LogP contribution in [-0.2, 0) is 9.63 Å². The third-order valence-corrected chi connectivity index (χ3v) is 1.84. The van der Waals surface area contributed by atoms with E-state index >= 15 is 0 Å². The summed E-state index contributed by atoms with van der Waals surface area (Å²) in [5.74, 6) is -0.622. The minimum atomic E-state index is -0.622. The summed E-state index contributed by atoms with van der Waals surface area (Å²) >= 11 is 5.68. The van der Waals surface area contributed by atoms with Gasteiger partial charge in [-0.2, -0.15) is 0 Å². The Morgan fingerprint density at radius 3 is 2.81 bits per heavy atom. The number of non-ortho nitro benzene ring substituents is 1. The molecule has 0 bridgehead atoms. The van der Waals surface area contributed by atoms with Crippen molar-refractivity contribution in [2.24, 2.45) is 5.16 Å². The van der Waals surface area contributed by atoms with Gasteiger partial charge in [-0.15, -0.1) is 0 Å². The van der Waals surface area contributed by atoms with Gasteiger partial charge in [-0.25, -0.2) is 4.79 Å². The summed E-state index contributed by atoms with van der Waals surface area (Å²) in [4.78, 5) is 24.7. The van der Waals surface area contributed by atoms with Gasteiger partial charge in [0.05, 0.1) is 4.92 Å². The fourth-order valence-corrected chi connectivity index (χ4v) is 1.06. The maximum absolute atomic E-state index is 10.5. The Balaban J connectivity index is 2.95. The Morgan fingerprint density at radius 2 is 2.25 bits per heavy atom. The number of rotatable bonds is 3. The monoisotopic (exact) mass is 242 g/mol. The van der Waals surface area contributed by atoms with E-state index in [-0.39, 0.29) is 10.9 Å². The Labute approximate surface area is 95.6 Å². The van der Waals surface area contributed by atoms with Crippen molar-refractivity contribution < 1.29 is 14.6 Å². The molecule has 0 aliphatic rings. The first-order valence-corrected chi connectivity index (χ1v) is 4.54. The predicted octanol–water partition coefficient (Wildman–Crippen LogP) is 2.06. The topological polar surface area (TPSA) is 81.8 Å². The molecule has 1 aromatic carbocycles. The molecule has 0 saturated heterocycles. The SMILES string of the molecule is CC(=O)O/N=C(/Cl)c1cccc([N+](=O)[O-])c1. The molecular weight excluding hydrogens is 236 g/mol. The van der Waals surface area contributed by atoms with Crippen LogP contribution in [0.3, 0.4) is 0 Å². The van der Waals surface area contributed by atoms with Crippen LogP contribution in [0.5, 0.6) is 0 Å². The van der Waals surface area contributed by atoms with Crippen molar-refractivity contribution in [3.05, 3.63) is 39.9 Å². The van der Waals surface area contributed by atoms with Gasteiger partial charge < -0.3 is 4.84 Å². The standard InChI is InChI=1S/C9H7ClN2O4/c1-6(13)16-11-9(10)7-3-2-4-8(5-7)12(14)15/h2-5H,1H3/b11-9+. The molecule has 6 nitrogen and oxygen atoms in total. The van der Waals surface area contributed by atoms with Gasteiger partial charge >= 0.3 is 5.97 Å². The lowest BCUT2D eigenvalue weighted by Crippen LogP contribution is -1.98. The summed E-state index contributed by atoms with van der Waals surface area (Å²) in [5, 5.41) is 13.7. The highest BCUT2D eigenvalue weighted by Gasteiger charge is 2.09. The minimum Gasteiger partial charge on any atom is -0.317 e. The molecule has 1 aromatic rings. The Morgan fingerprint density at radius 1 is 1.56 bits per heavy atom. The fraction of sp³-hybridized carbons (Fsp3) is 0.111. The zero-order valence-electron chi connectivity index (χ0n) is 8.21. The molecule has 0 saturated carbocycles. The van der Waals surface area contributed by atoms with Crippen LogP contribution in [0.4, 0.5) is 5.69 Å². The molecule has 0 fully saturated rings. The highest BCUT2D eigenvalue weighted by molar-refractivity contribution is 6.69. The molecule has 0 heterocycles. The van der Waals surface area contributed by atoms with Crippen LogP contribution in [0.15, 0.2) is 29.4 Å². The van der Waals surface area contributed by atoms with Gasteiger partial charge in [-0.1, -0.05) is 28.9 Å². The number of carbonyl (C=O) groups is 1. The molecule has 0 aliphatic heterocycles. The number of oxime groups is 1. The average molecular weight is 243 g/mol. The Hall–Kier alpha value is -1.95. The highest BCUT2D eigenvalue weighted by Crippen LogP contribution is 2.15. The van der Waals surface area contributed by atoms with Crippen molar-refractivity contribution in [3.8, 4) is 0 Å². The maximum atomic E-state index is 10.5.